The Labute approximate surface area is 145 Å². The van der Waals surface area contributed by atoms with Crippen LogP contribution in [0.25, 0.3) is 16.9 Å². The second kappa shape index (κ2) is 6.86. The van der Waals surface area contributed by atoms with Crippen molar-refractivity contribution < 1.29 is 5.11 Å². The summed E-state index contributed by atoms with van der Waals surface area (Å²) >= 11 is 0. The Bertz CT molecular complexity index is 827. The third-order valence-corrected chi connectivity index (χ3v) is 4.29. The number of phenols is 1. The van der Waals surface area contributed by atoms with Crippen molar-refractivity contribution in [2.24, 2.45) is 0 Å². The second-order valence-electron chi connectivity index (χ2n) is 6.01. The molecule has 1 saturated heterocycles. The van der Waals surface area contributed by atoms with Gasteiger partial charge in [0, 0.05) is 30.1 Å². The lowest BCUT2D eigenvalue weighted by Gasteiger charge is -2.23. The van der Waals surface area contributed by atoms with Gasteiger partial charge in [0.15, 0.2) is 0 Å². The SMILES string of the molecule is Oc1cc(-n2ccnc2)ccc1-c1cnc(NC2CCNCC2)nn1. The molecule has 3 aromatic rings. The molecule has 0 unspecified atom stereocenters. The van der Waals surface area contributed by atoms with Crippen molar-refractivity contribution in [2.75, 3.05) is 18.4 Å². The van der Waals surface area contributed by atoms with E-state index in [9.17, 15) is 5.11 Å². The molecule has 8 nitrogen and oxygen atoms in total. The topological polar surface area (TPSA) is 101 Å². The first-order valence-electron chi connectivity index (χ1n) is 8.28. The lowest BCUT2D eigenvalue weighted by Crippen LogP contribution is -2.35. The maximum absolute atomic E-state index is 10.3. The summed E-state index contributed by atoms with van der Waals surface area (Å²) in [5.74, 6) is 0.645. The third kappa shape index (κ3) is 3.43. The maximum atomic E-state index is 10.3. The number of phenolic OH excluding ortho intramolecular Hbond substituents is 1. The average molecular weight is 337 g/mol. The van der Waals surface area contributed by atoms with Crippen LogP contribution in [0.2, 0.25) is 0 Å². The summed E-state index contributed by atoms with van der Waals surface area (Å²) in [6, 6.07) is 5.73. The van der Waals surface area contributed by atoms with E-state index in [-0.39, 0.29) is 5.75 Å². The highest BCUT2D eigenvalue weighted by molar-refractivity contribution is 5.68. The van der Waals surface area contributed by atoms with Gasteiger partial charge in [0.1, 0.15) is 11.4 Å². The molecule has 1 aliphatic rings. The minimum absolute atomic E-state index is 0.126. The number of hydrogen-bond donors (Lipinski definition) is 3. The van der Waals surface area contributed by atoms with E-state index in [1.807, 2.05) is 16.8 Å². The largest absolute Gasteiger partial charge is 0.507 e. The van der Waals surface area contributed by atoms with Crippen molar-refractivity contribution in [1.82, 2.24) is 30.0 Å². The lowest BCUT2D eigenvalue weighted by molar-refractivity contribution is 0.475. The highest BCUT2D eigenvalue weighted by atomic mass is 16.3. The Morgan fingerprint density at radius 1 is 1.20 bits per heavy atom. The van der Waals surface area contributed by atoms with Crippen molar-refractivity contribution in [3.8, 4) is 22.7 Å². The maximum Gasteiger partial charge on any atom is 0.242 e. The number of nitrogens with one attached hydrogen (secondary N) is 2. The predicted molar refractivity (Wildman–Crippen MR) is 93.6 cm³/mol. The molecule has 3 N–H and O–H groups in total. The molecule has 3 heterocycles. The molecule has 0 spiro atoms. The van der Waals surface area contributed by atoms with Crippen LogP contribution in [0, 0.1) is 0 Å². The van der Waals surface area contributed by atoms with Gasteiger partial charge in [-0.25, -0.2) is 9.97 Å². The molecule has 1 fully saturated rings. The highest BCUT2D eigenvalue weighted by Crippen LogP contribution is 2.29. The number of aromatic nitrogens is 5. The van der Waals surface area contributed by atoms with Crippen LogP contribution in [0.1, 0.15) is 12.8 Å². The van der Waals surface area contributed by atoms with Crippen LogP contribution in [-0.2, 0) is 0 Å². The Hall–Kier alpha value is -3.00. The van der Waals surface area contributed by atoms with E-state index in [2.05, 4.69) is 30.8 Å². The van der Waals surface area contributed by atoms with E-state index in [1.165, 1.54) is 0 Å². The Kier molecular flexibility index (Phi) is 4.26. The highest BCUT2D eigenvalue weighted by Gasteiger charge is 2.14. The first kappa shape index (κ1) is 15.5. The van der Waals surface area contributed by atoms with Gasteiger partial charge in [0.25, 0.3) is 0 Å². The molecule has 1 aromatic carbocycles. The number of hydrogen-bond acceptors (Lipinski definition) is 7. The normalized spacial score (nSPS) is 15.2. The summed E-state index contributed by atoms with van der Waals surface area (Å²) < 4.78 is 1.82. The second-order valence-corrected chi connectivity index (χ2v) is 6.01. The molecule has 0 saturated carbocycles. The number of anilines is 1. The van der Waals surface area contributed by atoms with Crippen molar-refractivity contribution in [2.45, 2.75) is 18.9 Å². The van der Waals surface area contributed by atoms with Crippen LogP contribution in [0.5, 0.6) is 5.75 Å². The summed E-state index contributed by atoms with van der Waals surface area (Å²) in [6.07, 6.45) is 8.90. The van der Waals surface area contributed by atoms with E-state index < -0.39 is 0 Å². The molecule has 128 valence electrons. The Morgan fingerprint density at radius 3 is 2.76 bits per heavy atom. The number of piperidine rings is 1. The molecule has 8 heteroatoms. The minimum Gasteiger partial charge on any atom is -0.507 e. The fourth-order valence-corrected chi connectivity index (χ4v) is 2.92. The van der Waals surface area contributed by atoms with Crippen molar-refractivity contribution >= 4 is 5.95 Å². The number of imidazole rings is 1. The van der Waals surface area contributed by atoms with Gasteiger partial charge in [-0.1, -0.05) is 0 Å². The monoisotopic (exact) mass is 337 g/mol. The van der Waals surface area contributed by atoms with E-state index >= 15 is 0 Å². The first-order valence-corrected chi connectivity index (χ1v) is 8.28. The smallest absolute Gasteiger partial charge is 0.242 e. The van der Waals surface area contributed by atoms with Crippen LogP contribution in [0.4, 0.5) is 5.95 Å². The summed E-state index contributed by atoms with van der Waals surface area (Å²) in [4.78, 5) is 8.34. The van der Waals surface area contributed by atoms with Crippen molar-refractivity contribution in [3.05, 3.63) is 43.1 Å². The summed E-state index contributed by atoms with van der Waals surface area (Å²) in [5.41, 5.74) is 1.95. The minimum atomic E-state index is 0.126. The Morgan fingerprint density at radius 2 is 2.08 bits per heavy atom. The fraction of sp³-hybridized carbons (Fsp3) is 0.294. The molecule has 0 radical (unpaired) electrons. The standard InChI is InChI=1S/C17H19N7O/c25-16-9-13(24-8-7-19-11-24)1-2-14(16)15-10-20-17(23-22-15)21-12-3-5-18-6-4-12/h1-2,7-12,18,25H,3-6H2,(H,20,21,23). The molecule has 4 rings (SSSR count). The summed E-state index contributed by atoms with van der Waals surface area (Å²) in [5, 5.41) is 25.3. The summed E-state index contributed by atoms with van der Waals surface area (Å²) in [7, 11) is 0. The van der Waals surface area contributed by atoms with Gasteiger partial charge in [-0.15, -0.1) is 10.2 Å². The van der Waals surface area contributed by atoms with Gasteiger partial charge in [0.05, 0.1) is 18.2 Å². The van der Waals surface area contributed by atoms with Crippen LogP contribution in [0.15, 0.2) is 43.1 Å². The lowest BCUT2D eigenvalue weighted by atomic mass is 10.1. The van der Waals surface area contributed by atoms with Gasteiger partial charge >= 0.3 is 0 Å². The number of benzene rings is 1. The predicted octanol–water partition coefficient (Wildman–Crippen LogP) is 1.59. The van der Waals surface area contributed by atoms with Crippen molar-refractivity contribution in [3.63, 3.8) is 0 Å². The van der Waals surface area contributed by atoms with E-state index in [4.69, 9.17) is 0 Å². The first-order chi connectivity index (χ1) is 12.3. The van der Waals surface area contributed by atoms with E-state index in [1.54, 1.807) is 30.9 Å². The number of aromatic hydroxyl groups is 1. The molecule has 1 aliphatic heterocycles. The quantitative estimate of drug-likeness (QED) is 0.664. The molecular weight excluding hydrogens is 318 g/mol. The molecule has 0 aliphatic carbocycles. The third-order valence-electron chi connectivity index (χ3n) is 4.29. The van der Waals surface area contributed by atoms with Gasteiger partial charge in [-0.05, 0) is 38.1 Å². The number of nitrogens with zero attached hydrogens (tertiary/aromatic N) is 5. The molecule has 0 amide bonds. The van der Waals surface area contributed by atoms with Crippen LogP contribution < -0.4 is 10.6 Å². The zero-order valence-corrected chi connectivity index (χ0v) is 13.6. The van der Waals surface area contributed by atoms with Gasteiger partial charge < -0.3 is 20.3 Å². The van der Waals surface area contributed by atoms with Gasteiger partial charge in [0.2, 0.25) is 5.95 Å². The molecular formula is C17H19N7O. The van der Waals surface area contributed by atoms with Gasteiger partial charge in [-0.2, -0.15) is 0 Å². The van der Waals surface area contributed by atoms with Crippen molar-refractivity contribution in [1.29, 1.82) is 0 Å². The van der Waals surface area contributed by atoms with Crippen LogP contribution in [-0.4, -0.2) is 49.0 Å². The molecule has 0 bridgehead atoms. The van der Waals surface area contributed by atoms with Gasteiger partial charge in [-0.3, -0.25) is 0 Å². The number of rotatable bonds is 4. The molecule has 2 aromatic heterocycles. The van der Waals surface area contributed by atoms with E-state index in [0.29, 0.717) is 23.2 Å². The zero-order chi connectivity index (χ0) is 17.1. The summed E-state index contributed by atoms with van der Waals surface area (Å²) in [6.45, 7) is 2.00. The zero-order valence-electron chi connectivity index (χ0n) is 13.6. The fourth-order valence-electron chi connectivity index (χ4n) is 2.92. The van der Waals surface area contributed by atoms with E-state index in [0.717, 1.165) is 31.6 Å². The average Bonchev–Trinajstić information content (AvgIpc) is 3.18. The molecule has 0 atom stereocenters. The Balaban J connectivity index is 1.51. The van der Waals surface area contributed by atoms with Crippen LogP contribution >= 0.6 is 0 Å². The van der Waals surface area contributed by atoms with Crippen LogP contribution in [0.3, 0.4) is 0 Å². The molecule has 25 heavy (non-hydrogen) atoms.